The predicted octanol–water partition coefficient (Wildman–Crippen LogP) is 1.61. The predicted molar refractivity (Wildman–Crippen MR) is 61.4 cm³/mol. The Morgan fingerprint density at radius 1 is 1.40 bits per heavy atom. The zero-order valence-corrected chi connectivity index (χ0v) is 10.1. The van der Waals surface area contributed by atoms with Crippen molar-refractivity contribution in [3.05, 3.63) is 0 Å². The first-order valence-electron chi connectivity index (χ1n) is 5.81. The Labute approximate surface area is 92.7 Å². The zero-order valence-electron chi connectivity index (χ0n) is 10.1. The smallest absolute Gasteiger partial charge is 0.234 e. The molecule has 2 N–H and O–H groups in total. The molecule has 0 spiro atoms. The lowest BCUT2D eigenvalue weighted by atomic mass is 10.1. The summed E-state index contributed by atoms with van der Waals surface area (Å²) < 4.78 is 5.66. The lowest BCUT2D eigenvalue weighted by molar-refractivity contribution is -0.122. The first-order valence-corrected chi connectivity index (χ1v) is 5.81. The summed E-state index contributed by atoms with van der Waals surface area (Å²) in [4.78, 5) is 11.1. The number of rotatable bonds is 9. The summed E-state index contributed by atoms with van der Waals surface area (Å²) in [5, 5.41) is 0. The average molecular weight is 216 g/mol. The highest BCUT2D eigenvalue weighted by molar-refractivity contribution is 5.75. The molecular formula is C11H24N2O2. The van der Waals surface area contributed by atoms with Crippen LogP contribution < -0.4 is 10.9 Å². The van der Waals surface area contributed by atoms with Crippen molar-refractivity contribution in [3.8, 4) is 0 Å². The van der Waals surface area contributed by atoms with E-state index in [9.17, 15) is 4.79 Å². The van der Waals surface area contributed by atoms with Crippen LogP contribution in [0.25, 0.3) is 0 Å². The molecule has 90 valence electrons. The van der Waals surface area contributed by atoms with E-state index in [1.165, 1.54) is 0 Å². The molecule has 4 heteroatoms. The van der Waals surface area contributed by atoms with Gasteiger partial charge >= 0.3 is 0 Å². The minimum atomic E-state index is 0.0182. The van der Waals surface area contributed by atoms with E-state index in [-0.39, 0.29) is 5.91 Å². The van der Waals surface area contributed by atoms with Gasteiger partial charge in [0.2, 0.25) is 5.91 Å². The van der Waals surface area contributed by atoms with E-state index in [1.807, 2.05) is 0 Å². The Hall–Kier alpha value is -0.610. The molecule has 1 atom stereocenters. The minimum Gasteiger partial charge on any atom is -0.378 e. The average Bonchev–Trinajstić information content (AvgIpc) is 2.23. The number of nitrogens with one attached hydrogen (secondary N) is 2. The van der Waals surface area contributed by atoms with Gasteiger partial charge in [0.15, 0.2) is 0 Å². The monoisotopic (exact) mass is 216 g/mol. The highest BCUT2D eigenvalue weighted by Gasteiger charge is 2.05. The van der Waals surface area contributed by atoms with Crippen LogP contribution in [0.4, 0.5) is 0 Å². The van der Waals surface area contributed by atoms with Crippen LogP contribution in [0.1, 0.15) is 46.0 Å². The van der Waals surface area contributed by atoms with Crippen molar-refractivity contribution < 1.29 is 9.53 Å². The quantitative estimate of drug-likeness (QED) is 0.455. The van der Waals surface area contributed by atoms with E-state index in [1.54, 1.807) is 7.05 Å². The fourth-order valence-corrected chi connectivity index (χ4v) is 1.41. The van der Waals surface area contributed by atoms with Gasteiger partial charge in [0.05, 0.1) is 6.10 Å². The molecule has 0 rings (SSSR count). The summed E-state index contributed by atoms with van der Waals surface area (Å²) in [5.41, 5.74) is 5.14. The summed E-state index contributed by atoms with van der Waals surface area (Å²) in [7, 11) is 1.68. The number of hydrazine groups is 1. The summed E-state index contributed by atoms with van der Waals surface area (Å²) in [6, 6.07) is 0. The summed E-state index contributed by atoms with van der Waals surface area (Å²) in [6.07, 6.45) is 4.98. The standard InChI is InChI=1S/C11H24N2O2/c1-4-7-10(5-2)15-9-6-8-11(14)13-12-3/h10,12H,4-9H2,1-3H3,(H,13,14). The van der Waals surface area contributed by atoms with Crippen LogP contribution in [0.5, 0.6) is 0 Å². The van der Waals surface area contributed by atoms with Gasteiger partial charge in [-0.3, -0.25) is 10.2 Å². The molecule has 0 aliphatic rings. The van der Waals surface area contributed by atoms with Gasteiger partial charge < -0.3 is 4.74 Å². The molecule has 0 aromatic carbocycles. The molecule has 0 aliphatic heterocycles. The Balaban J connectivity index is 3.39. The summed E-state index contributed by atoms with van der Waals surface area (Å²) in [6.45, 7) is 4.97. The molecule has 1 amide bonds. The first kappa shape index (κ1) is 14.4. The Morgan fingerprint density at radius 2 is 2.13 bits per heavy atom. The maximum absolute atomic E-state index is 11.1. The molecular weight excluding hydrogens is 192 g/mol. The Morgan fingerprint density at radius 3 is 2.67 bits per heavy atom. The van der Waals surface area contributed by atoms with E-state index >= 15 is 0 Å². The van der Waals surface area contributed by atoms with Gasteiger partial charge in [0.1, 0.15) is 0 Å². The van der Waals surface area contributed by atoms with Gasteiger partial charge in [-0.15, -0.1) is 0 Å². The van der Waals surface area contributed by atoms with Crippen LogP contribution in [0, 0.1) is 0 Å². The van der Waals surface area contributed by atoms with Crippen molar-refractivity contribution in [2.24, 2.45) is 0 Å². The number of carbonyl (C=O) groups is 1. The minimum absolute atomic E-state index is 0.0182. The molecule has 0 aromatic heterocycles. The van der Waals surface area contributed by atoms with Crippen LogP contribution in [-0.4, -0.2) is 25.7 Å². The van der Waals surface area contributed by atoms with E-state index in [0.29, 0.717) is 19.1 Å². The third-order valence-corrected chi connectivity index (χ3v) is 2.23. The van der Waals surface area contributed by atoms with Gasteiger partial charge in [-0.2, -0.15) is 0 Å². The van der Waals surface area contributed by atoms with Gasteiger partial charge in [-0.1, -0.05) is 20.3 Å². The number of amides is 1. The number of carbonyl (C=O) groups excluding carboxylic acids is 1. The van der Waals surface area contributed by atoms with Crippen LogP contribution in [0.2, 0.25) is 0 Å². The second-order valence-electron chi connectivity index (χ2n) is 3.59. The van der Waals surface area contributed by atoms with Crippen molar-refractivity contribution in [3.63, 3.8) is 0 Å². The van der Waals surface area contributed by atoms with Crippen molar-refractivity contribution in [2.45, 2.75) is 52.1 Å². The van der Waals surface area contributed by atoms with Crippen LogP contribution >= 0.6 is 0 Å². The normalized spacial score (nSPS) is 12.5. The molecule has 1 unspecified atom stereocenters. The van der Waals surface area contributed by atoms with Crippen molar-refractivity contribution in [1.29, 1.82) is 0 Å². The number of hydrogen-bond donors (Lipinski definition) is 2. The molecule has 0 saturated heterocycles. The fraction of sp³-hybridized carbons (Fsp3) is 0.909. The fourth-order valence-electron chi connectivity index (χ4n) is 1.41. The van der Waals surface area contributed by atoms with Crippen molar-refractivity contribution in [1.82, 2.24) is 10.9 Å². The highest BCUT2D eigenvalue weighted by Crippen LogP contribution is 2.07. The van der Waals surface area contributed by atoms with E-state index in [0.717, 1.165) is 25.7 Å². The lowest BCUT2D eigenvalue weighted by Gasteiger charge is -2.14. The van der Waals surface area contributed by atoms with Crippen LogP contribution in [0.3, 0.4) is 0 Å². The SMILES string of the molecule is CCCC(CC)OCCCC(=O)NNC. The molecule has 0 bridgehead atoms. The molecule has 4 nitrogen and oxygen atoms in total. The van der Waals surface area contributed by atoms with Gasteiger partial charge in [-0.25, -0.2) is 5.43 Å². The highest BCUT2D eigenvalue weighted by atomic mass is 16.5. The third kappa shape index (κ3) is 8.39. The molecule has 15 heavy (non-hydrogen) atoms. The number of ether oxygens (including phenoxy) is 1. The van der Waals surface area contributed by atoms with Crippen molar-refractivity contribution in [2.75, 3.05) is 13.7 Å². The second kappa shape index (κ2) is 9.93. The van der Waals surface area contributed by atoms with E-state index in [2.05, 4.69) is 24.7 Å². The molecule has 0 saturated carbocycles. The van der Waals surface area contributed by atoms with E-state index < -0.39 is 0 Å². The van der Waals surface area contributed by atoms with Crippen LogP contribution in [-0.2, 0) is 9.53 Å². The van der Waals surface area contributed by atoms with Gasteiger partial charge in [0.25, 0.3) is 0 Å². The molecule has 0 aromatic rings. The number of hydrogen-bond acceptors (Lipinski definition) is 3. The Kier molecular flexibility index (Phi) is 9.52. The van der Waals surface area contributed by atoms with Gasteiger partial charge in [-0.05, 0) is 19.3 Å². The van der Waals surface area contributed by atoms with Crippen molar-refractivity contribution >= 4 is 5.91 Å². The topological polar surface area (TPSA) is 50.4 Å². The first-order chi connectivity index (χ1) is 7.24. The Bertz CT molecular complexity index is 163. The van der Waals surface area contributed by atoms with Gasteiger partial charge in [0, 0.05) is 20.1 Å². The summed E-state index contributed by atoms with van der Waals surface area (Å²) >= 11 is 0. The maximum atomic E-state index is 11.1. The largest absolute Gasteiger partial charge is 0.378 e. The van der Waals surface area contributed by atoms with E-state index in [4.69, 9.17) is 4.74 Å². The summed E-state index contributed by atoms with van der Waals surface area (Å²) in [5.74, 6) is 0.0182. The lowest BCUT2D eigenvalue weighted by Crippen LogP contribution is -2.34. The van der Waals surface area contributed by atoms with Crippen LogP contribution in [0.15, 0.2) is 0 Å². The zero-order chi connectivity index (χ0) is 11.5. The molecule has 0 heterocycles. The maximum Gasteiger partial charge on any atom is 0.234 e. The molecule has 0 aliphatic carbocycles. The third-order valence-electron chi connectivity index (χ3n) is 2.23. The molecule has 0 fully saturated rings. The second-order valence-corrected chi connectivity index (χ2v) is 3.59. The molecule has 0 radical (unpaired) electrons.